The van der Waals surface area contributed by atoms with Crippen LogP contribution in [0.1, 0.15) is 13.8 Å². The van der Waals surface area contributed by atoms with E-state index in [1.807, 2.05) is 38.1 Å². The molecule has 1 rings (SSSR count). The first-order valence-electron chi connectivity index (χ1n) is 5.54. The van der Waals surface area contributed by atoms with Crippen molar-refractivity contribution < 1.29 is 9.53 Å². The molecule has 0 aliphatic carbocycles. The molecule has 0 aliphatic heterocycles. The van der Waals surface area contributed by atoms with Crippen molar-refractivity contribution in [3.05, 3.63) is 29.3 Å². The third-order valence-corrected chi connectivity index (χ3v) is 6.62. The van der Waals surface area contributed by atoms with E-state index in [4.69, 9.17) is 16.3 Å². The number of hydrogen-bond donors (Lipinski definition) is 0. The second kappa shape index (κ2) is 5.78. The molecule has 0 amide bonds. The lowest BCUT2D eigenvalue weighted by Gasteiger charge is -2.36. The predicted octanol–water partition coefficient (Wildman–Crippen LogP) is 3.71. The van der Waals surface area contributed by atoms with Gasteiger partial charge >= 0.3 is 5.97 Å². The largest absolute Gasteiger partial charge is 0.465 e. The van der Waals surface area contributed by atoms with Gasteiger partial charge in [0.1, 0.15) is 0 Å². The summed E-state index contributed by atoms with van der Waals surface area (Å²) in [5, 5.41) is 0.608. The van der Waals surface area contributed by atoms with E-state index in [2.05, 4.69) is 12.5 Å². The van der Waals surface area contributed by atoms with Gasteiger partial charge in [-0.1, -0.05) is 11.6 Å². The van der Waals surface area contributed by atoms with Gasteiger partial charge in [0.2, 0.25) is 0 Å². The van der Waals surface area contributed by atoms with Gasteiger partial charge in [-0.05, 0) is 55.5 Å². The van der Waals surface area contributed by atoms with Crippen molar-refractivity contribution in [2.24, 2.45) is 0 Å². The maximum Gasteiger partial charge on any atom is 0.317 e. The van der Waals surface area contributed by atoms with Crippen LogP contribution >= 0.6 is 21.6 Å². The highest BCUT2D eigenvalue weighted by Gasteiger charge is 2.29. The highest BCUT2D eigenvalue weighted by Crippen LogP contribution is 2.53. The van der Waals surface area contributed by atoms with E-state index >= 15 is 0 Å². The van der Waals surface area contributed by atoms with Crippen molar-refractivity contribution in [3.8, 4) is 0 Å². The van der Waals surface area contributed by atoms with E-state index in [0.717, 1.165) is 0 Å². The fourth-order valence-corrected chi connectivity index (χ4v) is 3.41. The average molecular weight is 275 g/mol. The lowest BCUT2D eigenvalue weighted by molar-refractivity contribution is -0.142. The minimum atomic E-state index is -1.21. The van der Waals surface area contributed by atoms with Crippen molar-refractivity contribution >= 4 is 27.6 Å². The molecule has 0 saturated heterocycles. The first-order chi connectivity index (χ1) is 7.89. The Hall–Kier alpha value is -0.670. The third-order valence-electron chi connectivity index (χ3n) is 2.92. The van der Waals surface area contributed by atoms with Crippen LogP contribution in [0.2, 0.25) is 5.02 Å². The van der Waals surface area contributed by atoms with Crippen LogP contribution in [0.15, 0.2) is 29.2 Å². The van der Waals surface area contributed by atoms with E-state index in [-0.39, 0.29) is 11.2 Å². The Morgan fingerprint density at radius 2 is 1.88 bits per heavy atom. The van der Waals surface area contributed by atoms with Gasteiger partial charge in [-0.3, -0.25) is 4.79 Å². The van der Waals surface area contributed by atoms with Crippen LogP contribution in [0.3, 0.4) is 0 Å². The van der Waals surface area contributed by atoms with Crippen LogP contribution in [-0.2, 0) is 9.53 Å². The van der Waals surface area contributed by atoms with Gasteiger partial charge in [0, 0.05) is 5.02 Å². The normalized spacial score (nSPS) is 14.2. The monoisotopic (exact) mass is 274 g/mol. The smallest absolute Gasteiger partial charge is 0.317 e. The van der Waals surface area contributed by atoms with E-state index in [9.17, 15) is 4.79 Å². The van der Waals surface area contributed by atoms with Crippen molar-refractivity contribution in [1.82, 2.24) is 0 Å². The highest BCUT2D eigenvalue weighted by molar-refractivity contribution is 8.33. The Bertz CT molecular complexity index is 387. The number of ether oxygens (including phenoxy) is 1. The number of esters is 1. The maximum atomic E-state index is 11.8. The molecule has 17 heavy (non-hydrogen) atoms. The summed E-state index contributed by atoms with van der Waals surface area (Å²) in [6.45, 7) is 4.19. The van der Waals surface area contributed by atoms with Crippen LogP contribution in [0.4, 0.5) is 0 Å². The average Bonchev–Trinajstić information content (AvgIpc) is 2.29. The standard InChI is InChI=1S/C13H19ClO2S/c1-5-16-13(15)10(2)17(3,4)12-8-6-11(14)7-9-12/h6-10H,5H2,1-4H3/t10-/m1/s1. The van der Waals surface area contributed by atoms with Crippen LogP contribution in [-0.4, -0.2) is 30.3 Å². The van der Waals surface area contributed by atoms with E-state index in [1.165, 1.54) is 4.90 Å². The molecule has 0 unspecified atom stereocenters. The summed E-state index contributed by atoms with van der Waals surface area (Å²) < 4.78 is 5.09. The summed E-state index contributed by atoms with van der Waals surface area (Å²) in [7, 11) is -1.21. The molecule has 4 heteroatoms. The number of benzene rings is 1. The zero-order chi connectivity index (χ0) is 13.1. The molecular weight excluding hydrogens is 256 g/mol. The summed E-state index contributed by atoms with van der Waals surface area (Å²) in [5.74, 6) is -0.123. The number of rotatable bonds is 4. The topological polar surface area (TPSA) is 26.3 Å². The zero-order valence-electron chi connectivity index (χ0n) is 10.7. The fourth-order valence-electron chi connectivity index (χ4n) is 1.49. The molecule has 1 aromatic carbocycles. The summed E-state index contributed by atoms with van der Waals surface area (Å²) in [4.78, 5) is 13.0. The Kier molecular flexibility index (Phi) is 4.90. The van der Waals surface area contributed by atoms with Crippen molar-refractivity contribution in [2.75, 3.05) is 19.1 Å². The molecule has 0 heterocycles. The molecule has 0 bridgehead atoms. The molecule has 0 aromatic heterocycles. The maximum absolute atomic E-state index is 11.8. The number of carbonyl (C=O) groups is 1. The van der Waals surface area contributed by atoms with Gasteiger partial charge in [-0.2, -0.15) is 0 Å². The number of halogens is 1. The second-order valence-corrected chi connectivity index (χ2v) is 8.68. The Balaban J connectivity index is 2.93. The molecule has 0 radical (unpaired) electrons. The third kappa shape index (κ3) is 3.39. The first kappa shape index (κ1) is 14.4. The molecule has 0 fully saturated rings. The molecule has 0 spiro atoms. The zero-order valence-corrected chi connectivity index (χ0v) is 12.3. The number of hydrogen-bond acceptors (Lipinski definition) is 2. The van der Waals surface area contributed by atoms with Gasteiger partial charge in [0.15, 0.2) is 0 Å². The molecule has 1 atom stereocenters. The van der Waals surface area contributed by atoms with Gasteiger partial charge in [-0.25, -0.2) is 10.0 Å². The van der Waals surface area contributed by atoms with Crippen LogP contribution in [0.25, 0.3) is 0 Å². The van der Waals surface area contributed by atoms with Crippen molar-refractivity contribution in [3.63, 3.8) is 0 Å². The lowest BCUT2D eigenvalue weighted by Crippen LogP contribution is -2.25. The van der Waals surface area contributed by atoms with Crippen LogP contribution < -0.4 is 0 Å². The van der Waals surface area contributed by atoms with Gasteiger partial charge in [0.05, 0.1) is 11.9 Å². The summed E-state index contributed by atoms with van der Waals surface area (Å²) >= 11 is 5.87. The Labute approximate surface area is 110 Å². The minimum Gasteiger partial charge on any atom is -0.465 e. The van der Waals surface area contributed by atoms with Gasteiger partial charge in [0.25, 0.3) is 0 Å². The van der Waals surface area contributed by atoms with Gasteiger partial charge in [-0.15, -0.1) is 0 Å². The number of carbonyl (C=O) groups excluding carboxylic acids is 1. The van der Waals surface area contributed by atoms with E-state index in [1.54, 1.807) is 0 Å². The summed E-state index contributed by atoms with van der Waals surface area (Å²) in [6.07, 6.45) is 4.25. The van der Waals surface area contributed by atoms with Crippen molar-refractivity contribution in [2.45, 2.75) is 24.0 Å². The minimum absolute atomic E-state index is 0.108. The first-order valence-corrected chi connectivity index (χ1v) is 8.43. The van der Waals surface area contributed by atoms with E-state index in [0.29, 0.717) is 11.6 Å². The quantitative estimate of drug-likeness (QED) is 0.783. The van der Waals surface area contributed by atoms with E-state index < -0.39 is 10.0 Å². The Morgan fingerprint density at radius 1 is 1.35 bits per heavy atom. The molecule has 2 nitrogen and oxygen atoms in total. The molecule has 1 aromatic rings. The van der Waals surface area contributed by atoms with Gasteiger partial charge < -0.3 is 4.74 Å². The molecular formula is C13H19ClO2S. The predicted molar refractivity (Wildman–Crippen MR) is 75.3 cm³/mol. The summed E-state index contributed by atoms with van der Waals surface area (Å²) in [5.41, 5.74) is 0. The molecule has 0 saturated carbocycles. The van der Waals surface area contributed by atoms with Crippen LogP contribution in [0.5, 0.6) is 0 Å². The van der Waals surface area contributed by atoms with Crippen molar-refractivity contribution in [1.29, 1.82) is 0 Å². The fraction of sp³-hybridized carbons (Fsp3) is 0.462. The molecule has 0 N–H and O–H groups in total. The SMILES string of the molecule is CCOC(=O)[C@@H](C)S(C)(C)c1ccc(Cl)cc1. The Morgan fingerprint density at radius 3 is 2.35 bits per heavy atom. The molecule has 0 aliphatic rings. The molecule has 96 valence electrons. The lowest BCUT2D eigenvalue weighted by atomic mass is 10.4. The summed E-state index contributed by atoms with van der Waals surface area (Å²) in [6, 6.07) is 7.72. The van der Waals surface area contributed by atoms with Crippen LogP contribution in [0, 0.1) is 0 Å². The second-order valence-electron chi connectivity index (χ2n) is 4.25. The highest BCUT2D eigenvalue weighted by atomic mass is 35.5.